The Bertz CT molecular complexity index is 1470. The summed E-state index contributed by atoms with van der Waals surface area (Å²) in [6.45, 7) is 1.83. The molecule has 0 aliphatic carbocycles. The van der Waals surface area contributed by atoms with E-state index in [9.17, 15) is 9.18 Å². The van der Waals surface area contributed by atoms with Gasteiger partial charge in [0.05, 0.1) is 22.8 Å². The maximum Gasteiger partial charge on any atom is 0.255 e. The standard InChI is InChI=1S/C24H19FN6OS/c1-14-21(31-12-4-5-17(25)22(31)27-14)20-13-33-24(30-20)28-16-10-8-15(9-11-16)23(32)29-19-7-3-2-6-18(19)26/h2-13H,26H2,1H3,(H,28,30)(H,29,32). The zero-order valence-electron chi connectivity index (χ0n) is 17.5. The summed E-state index contributed by atoms with van der Waals surface area (Å²) in [6.07, 6.45) is 1.77. The van der Waals surface area contributed by atoms with Gasteiger partial charge in [0, 0.05) is 22.8 Å². The van der Waals surface area contributed by atoms with E-state index >= 15 is 0 Å². The van der Waals surface area contributed by atoms with Crippen molar-refractivity contribution in [1.82, 2.24) is 14.4 Å². The third-order valence-corrected chi connectivity index (χ3v) is 5.89. The first-order valence-electron chi connectivity index (χ1n) is 10.1. The number of carbonyl (C=O) groups is 1. The van der Waals surface area contributed by atoms with Crippen molar-refractivity contribution in [2.75, 3.05) is 16.4 Å². The van der Waals surface area contributed by atoms with Gasteiger partial charge < -0.3 is 16.4 Å². The number of pyridine rings is 1. The van der Waals surface area contributed by atoms with Crippen molar-refractivity contribution in [1.29, 1.82) is 0 Å². The summed E-state index contributed by atoms with van der Waals surface area (Å²) in [5.41, 5.74) is 10.7. The van der Waals surface area contributed by atoms with E-state index < -0.39 is 0 Å². The highest BCUT2D eigenvalue weighted by Gasteiger charge is 2.16. The van der Waals surface area contributed by atoms with E-state index in [1.54, 1.807) is 53.1 Å². The van der Waals surface area contributed by atoms with Gasteiger partial charge in [0.15, 0.2) is 16.6 Å². The quantitative estimate of drug-likeness (QED) is 0.303. The van der Waals surface area contributed by atoms with E-state index in [1.807, 2.05) is 24.4 Å². The molecule has 0 aliphatic heterocycles. The van der Waals surface area contributed by atoms with Gasteiger partial charge in [-0.15, -0.1) is 11.3 Å². The zero-order valence-corrected chi connectivity index (χ0v) is 18.4. The lowest BCUT2D eigenvalue weighted by Crippen LogP contribution is -2.13. The molecule has 2 aromatic carbocycles. The lowest BCUT2D eigenvalue weighted by atomic mass is 10.2. The van der Waals surface area contributed by atoms with Crippen molar-refractivity contribution in [3.05, 3.63) is 89.3 Å². The number of nitrogen functional groups attached to an aromatic ring is 1. The maximum absolute atomic E-state index is 14.1. The fourth-order valence-electron chi connectivity index (χ4n) is 3.53. The molecule has 7 nitrogen and oxygen atoms in total. The smallest absolute Gasteiger partial charge is 0.255 e. The Balaban J connectivity index is 1.32. The van der Waals surface area contributed by atoms with Crippen LogP contribution in [0, 0.1) is 12.7 Å². The van der Waals surface area contributed by atoms with Crippen molar-refractivity contribution >= 4 is 45.1 Å². The van der Waals surface area contributed by atoms with Crippen molar-refractivity contribution in [2.45, 2.75) is 6.92 Å². The number of nitrogens with zero attached hydrogens (tertiary/aromatic N) is 3. The summed E-state index contributed by atoms with van der Waals surface area (Å²) < 4.78 is 15.8. The highest BCUT2D eigenvalue weighted by molar-refractivity contribution is 7.14. The lowest BCUT2D eigenvalue weighted by molar-refractivity contribution is 0.102. The van der Waals surface area contributed by atoms with Crippen LogP contribution in [0.5, 0.6) is 0 Å². The van der Waals surface area contributed by atoms with E-state index in [-0.39, 0.29) is 17.4 Å². The SMILES string of the molecule is Cc1nc2c(F)cccn2c1-c1csc(Nc2ccc(C(=O)Nc3ccccc3N)cc2)n1. The van der Waals surface area contributed by atoms with Gasteiger partial charge in [0.2, 0.25) is 0 Å². The predicted molar refractivity (Wildman–Crippen MR) is 130 cm³/mol. The minimum absolute atomic E-state index is 0.244. The van der Waals surface area contributed by atoms with Crippen LogP contribution in [-0.4, -0.2) is 20.3 Å². The van der Waals surface area contributed by atoms with E-state index in [0.717, 1.165) is 11.4 Å². The summed E-state index contributed by atoms with van der Waals surface area (Å²) >= 11 is 1.43. The number of aromatic nitrogens is 3. The van der Waals surface area contributed by atoms with Crippen LogP contribution >= 0.6 is 11.3 Å². The van der Waals surface area contributed by atoms with Gasteiger partial charge in [-0.2, -0.15) is 0 Å². The van der Waals surface area contributed by atoms with Crippen molar-refractivity contribution in [3.8, 4) is 11.4 Å². The second-order valence-electron chi connectivity index (χ2n) is 7.38. The van der Waals surface area contributed by atoms with Crippen LogP contribution in [0.25, 0.3) is 17.0 Å². The molecule has 33 heavy (non-hydrogen) atoms. The number of amides is 1. The molecule has 5 aromatic rings. The Morgan fingerprint density at radius 3 is 2.64 bits per heavy atom. The molecule has 0 unspecified atom stereocenters. The van der Waals surface area contributed by atoms with Gasteiger partial charge >= 0.3 is 0 Å². The van der Waals surface area contributed by atoms with E-state index in [1.165, 1.54) is 17.4 Å². The lowest BCUT2D eigenvalue weighted by Gasteiger charge is -2.08. The molecule has 0 saturated heterocycles. The van der Waals surface area contributed by atoms with Gasteiger partial charge in [-0.05, 0) is 55.5 Å². The second kappa shape index (κ2) is 8.36. The minimum Gasteiger partial charge on any atom is -0.397 e. The Morgan fingerprint density at radius 2 is 1.85 bits per heavy atom. The largest absolute Gasteiger partial charge is 0.397 e. The van der Waals surface area contributed by atoms with Crippen LogP contribution < -0.4 is 16.4 Å². The third kappa shape index (κ3) is 4.01. The summed E-state index contributed by atoms with van der Waals surface area (Å²) in [5, 5.41) is 8.62. The number of aryl methyl sites for hydroxylation is 1. The first kappa shape index (κ1) is 20.7. The molecule has 0 aliphatic rings. The van der Waals surface area contributed by atoms with E-state index in [0.29, 0.717) is 33.5 Å². The monoisotopic (exact) mass is 458 g/mol. The average molecular weight is 459 g/mol. The number of rotatable bonds is 5. The van der Waals surface area contributed by atoms with Crippen molar-refractivity contribution in [2.24, 2.45) is 0 Å². The average Bonchev–Trinajstić information content (AvgIpc) is 3.39. The van der Waals surface area contributed by atoms with Crippen molar-refractivity contribution < 1.29 is 9.18 Å². The molecule has 0 atom stereocenters. The molecule has 0 saturated carbocycles. The van der Waals surface area contributed by atoms with E-state index in [2.05, 4.69) is 20.6 Å². The molecule has 1 amide bonds. The number of nitrogens with two attached hydrogens (primary N) is 1. The Labute approximate surface area is 192 Å². The maximum atomic E-state index is 14.1. The first-order valence-corrected chi connectivity index (χ1v) is 11.0. The van der Waals surface area contributed by atoms with Crippen LogP contribution in [0.15, 0.2) is 72.2 Å². The van der Waals surface area contributed by atoms with Crippen LogP contribution in [0.1, 0.15) is 16.1 Å². The molecule has 0 bridgehead atoms. The van der Waals surface area contributed by atoms with Gasteiger partial charge in [0.1, 0.15) is 5.69 Å². The van der Waals surface area contributed by atoms with Crippen LogP contribution in [-0.2, 0) is 0 Å². The van der Waals surface area contributed by atoms with Crippen molar-refractivity contribution in [3.63, 3.8) is 0 Å². The van der Waals surface area contributed by atoms with Gasteiger partial charge in [-0.25, -0.2) is 14.4 Å². The van der Waals surface area contributed by atoms with Crippen LogP contribution in [0.4, 0.5) is 26.6 Å². The number of carbonyl (C=O) groups excluding carboxylic acids is 1. The number of benzene rings is 2. The van der Waals surface area contributed by atoms with Gasteiger partial charge in [-0.1, -0.05) is 12.1 Å². The van der Waals surface area contributed by atoms with Crippen LogP contribution in [0.3, 0.4) is 0 Å². The fourth-order valence-corrected chi connectivity index (χ4v) is 4.25. The topological polar surface area (TPSA) is 97.3 Å². The minimum atomic E-state index is -0.375. The molecule has 164 valence electrons. The Hall–Kier alpha value is -4.24. The highest BCUT2D eigenvalue weighted by Crippen LogP contribution is 2.30. The molecule has 0 spiro atoms. The molecule has 4 N–H and O–H groups in total. The number of thiazole rings is 1. The number of hydrogen-bond donors (Lipinski definition) is 3. The summed E-state index contributed by atoms with van der Waals surface area (Å²) in [4.78, 5) is 21.5. The summed E-state index contributed by atoms with van der Waals surface area (Å²) in [7, 11) is 0. The number of halogens is 1. The van der Waals surface area contributed by atoms with E-state index in [4.69, 9.17) is 5.73 Å². The number of imidazole rings is 1. The highest BCUT2D eigenvalue weighted by atomic mass is 32.1. The number of hydrogen-bond acceptors (Lipinski definition) is 6. The number of para-hydroxylation sites is 2. The first-order chi connectivity index (χ1) is 16.0. The summed E-state index contributed by atoms with van der Waals surface area (Å²) in [5.74, 6) is -0.620. The molecule has 3 heterocycles. The number of nitrogens with one attached hydrogen (secondary N) is 2. The van der Waals surface area contributed by atoms with Gasteiger partial charge in [0.25, 0.3) is 5.91 Å². The second-order valence-corrected chi connectivity index (χ2v) is 8.24. The number of anilines is 4. The Morgan fingerprint density at radius 1 is 1.06 bits per heavy atom. The molecule has 9 heteroatoms. The number of fused-ring (bicyclic) bond motifs is 1. The summed E-state index contributed by atoms with van der Waals surface area (Å²) in [6, 6.07) is 17.2. The molecule has 0 radical (unpaired) electrons. The molecule has 5 rings (SSSR count). The third-order valence-electron chi connectivity index (χ3n) is 5.13. The predicted octanol–water partition coefficient (Wildman–Crippen LogP) is 5.48. The van der Waals surface area contributed by atoms with Crippen LogP contribution in [0.2, 0.25) is 0 Å². The normalized spacial score (nSPS) is 11.0. The molecular formula is C24H19FN6OS. The fraction of sp³-hybridized carbons (Fsp3) is 0.0417. The Kier molecular flexibility index (Phi) is 5.23. The molecular weight excluding hydrogens is 439 g/mol. The molecule has 0 fully saturated rings. The zero-order chi connectivity index (χ0) is 22.9. The molecule has 3 aromatic heterocycles. The van der Waals surface area contributed by atoms with Gasteiger partial charge in [-0.3, -0.25) is 9.20 Å².